The third-order valence-corrected chi connectivity index (χ3v) is 2.80. The Labute approximate surface area is 94.4 Å². The normalized spacial score (nSPS) is 11.1. The van der Waals surface area contributed by atoms with Crippen LogP contribution in [0.15, 0.2) is 18.2 Å². The molecule has 0 unspecified atom stereocenters. The lowest BCUT2D eigenvalue weighted by Crippen LogP contribution is -1.87. The molecule has 0 amide bonds. The number of halogens is 1. The second kappa shape index (κ2) is 4.15. The molecule has 0 aliphatic heterocycles. The van der Waals surface area contributed by atoms with Crippen LogP contribution in [0, 0.1) is 0 Å². The van der Waals surface area contributed by atoms with Gasteiger partial charge in [-0.2, -0.15) is 0 Å². The number of unbranched alkanes of at least 4 members (excludes halogenated alkanes) is 1. The predicted octanol–water partition coefficient (Wildman–Crippen LogP) is 3.75. The Morgan fingerprint density at radius 3 is 2.87 bits per heavy atom. The van der Waals surface area contributed by atoms with Gasteiger partial charge in [0.05, 0.1) is 11.2 Å². The zero-order valence-electron chi connectivity index (χ0n) is 8.81. The van der Waals surface area contributed by atoms with Gasteiger partial charge < -0.3 is 10.7 Å². The molecule has 15 heavy (non-hydrogen) atoms. The number of nitrogens with one attached hydrogen (secondary N) is 1. The maximum absolute atomic E-state index is 5.94. The highest BCUT2D eigenvalue weighted by molar-refractivity contribution is 6.31. The summed E-state index contributed by atoms with van der Waals surface area (Å²) in [6, 6.07) is 5.86. The van der Waals surface area contributed by atoms with E-state index in [-0.39, 0.29) is 0 Å². The molecule has 2 nitrogen and oxygen atoms in total. The van der Waals surface area contributed by atoms with Crippen molar-refractivity contribution in [2.24, 2.45) is 0 Å². The van der Waals surface area contributed by atoms with Crippen molar-refractivity contribution < 1.29 is 0 Å². The van der Waals surface area contributed by atoms with Crippen LogP contribution in [0.2, 0.25) is 5.02 Å². The Morgan fingerprint density at radius 2 is 2.13 bits per heavy atom. The smallest absolute Gasteiger partial charge is 0.0690 e. The number of hydrogen-bond donors (Lipinski definition) is 2. The fraction of sp³-hybridized carbons (Fsp3) is 0.333. The van der Waals surface area contributed by atoms with E-state index in [1.54, 1.807) is 6.07 Å². The van der Waals surface area contributed by atoms with Crippen molar-refractivity contribution in [1.29, 1.82) is 0 Å². The molecule has 3 N–H and O–H groups in total. The number of benzene rings is 1. The molecule has 0 atom stereocenters. The lowest BCUT2D eigenvalue weighted by molar-refractivity contribution is 0.782. The van der Waals surface area contributed by atoms with Crippen molar-refractivity contribution in [3.63, 3.8) is 0 Å². The topological polar surface area (TPSA) is 41.8 Å². The van der Waals surface area contributed by atoms with Gasteiger partial charge in [-0.1, -0.05) is 24.9 Å². The molecule has 0 saturated heterocycles. The monoisotopic (exact) mass is 222 g/mol. The molecule has 2 aromatic rings. The van der Waals surface area contributed by atoms with Gasteiger partial charge in [0, 0.05) is 16.1 Å². The van der Waals surface area contributed by atoms with Gasteiger partial charge in [0.25, 0.3) is 0 Å². The Morgan fingerprint density at radius 1 is 1.33 bits per heavy atom. The quantitative estimate of drug-likeness (QED) is 0.764. The molecular formula is C12H15ClN2. The molecule has 0 saturated carbocycles. The van der Waals surface area contributed by atoms with Crippen molar-refractivity contribution >= 4 is 28.2 Å². The number of aryl methyl sites for hydroxylation is 1. The minimum Gasteiger partial charge on any atom is -0.397 e. The van der Waals surface area contributed by atoms with E-state index >= 15 is 0 Å². The Bertz CT molecular complexity index is 474. The van der Waals surface area contributed by atoms with Crippen LogP contribution in [0.4, 0.5) is 5.69 Å². The molecule has 0 spiro atoms. The van der Waals surface area contributed by atoms with Crippen LogP contribution >= 0.6 is 11.6 Å². The predicted molar refractivity (Wildman–Crippen MR) is 66.3 cm³/mol. The standard InChI is InChI=1S/C12H15ClN2/c1-2-3-4-10-6-8-5-9(13)7-11(14)12(8)15-10/h5-7,15H,2-4,14H2,1H3. The van der Waals surface area contributed by atoms with Gasteiger partial charge in [0.15, 0.2) is 0 Å². The summed E-state index contributed by atoms with van der Waals surface area (Å²) in [5.74, 6) is 0. The van der Waals surface area contributed by atoms with Crippen LogP contribution in [-0.2, 0) is 6.42 Å². The summed E-state index contributed by atoms with van der Waals surface area (Å²) in [4.78, 5) is 3.34. The largest absolute Gasteiger partial charge is 0.397 e. The van der Waals surface area contributed by atoms with Crippen LogP contribution in [0.25, 0.3) is 10.9 Å². The molecule has 1 aromatic heterocycles. The molecule has 0 bridgehead atoms. The van der Waals surface area contributed by atoms with E-state index < -0.39 is 0 Å². The average Bonchev–Trinajstić information content (AvgIpc) is 2.57. The van der Waals surface area contributed by atoms with E-state index in [9.17, 15) is 0 Å². The molecule has 3 heteroatoms. The summed E-state index contributed by atoms with van der Waals surface area (Å²) in [5.41, 5.74) is 8.85. The maximum atomic E-state index is 5.94. The molecular weight excluding hydrogens is 208 g/mol. The summed E-state index contributed by atoms with van der Waals surface area (Å²) < 4.78 is 0. The van der Waals surface area contributed by atoms with Crippen molar-refractivity contribution in [2.75, 3.05) is 5.73 Å². The third-order valence-electron chi connectivity index (χ3n) is 2.58. The first-order chi connectivity index (χ1) is 7.20. The van der Waals surface area contributed by atoms with Crippen molar-refractivity contribution in [1.82, 2.24) is 4.98 Å². The van der Waals surface area contributed by atoms with E-state index in [2.05, 4.69) is 18.0 Å². The Kier molecular flexibility index (Phi) is 2.87. The first-order valence-electron chi connectivity index (χ1n) is 5.27. The second-order valence-electron chi connectivity index (χ2n) is 3.86. The summed E-state index contributed by atoms with van der Waals surface area (Å²) in [7, 11) is 0. The van der Waals surface area contributed by atoms with E-state index in [4.69, 9.17) is 17.3 Å². The molecule has 0 fully saturated rings. The lowest BCUT2D eigenvalue weighted by Gasteiger charge is -1.97. The fourth-order valence-electron chi connectivity index (χ4n) is 1.79. The van der Waals surface area contributed by atoms with Gasteiger partial charge in [0.1, 0.15) is 0 Å². The van der Waals surface area contributed by atoms with E-state index in [0.29, 0.717) is 5.02 Å². The number of fused-ring (bicyclic) bond motifs is 1. The first-order valence-corrected chi connectivity index (χ1v) is 5.65. The van der Waals surface area contributed by atoms with Gasteiger partial charge in [0.2, 0.25) is 0 Å². The fourth-order valence-corrected chi connectivity index (χ4v) is 2.03. The Hall–Kier alpha value is -1.15. The molecule has 0 radical (unpaired) electrons. The molecule has 2 rings (SSSR count). The molecule has 1 aromatic carbocycles. The Balaban J connectivity index is 2.41. The van der Waals surface area contributed by atoms with Crippen LogP contribution < -0.4 is 5.73 Å². The van der Waals surface area contributed by atoms with Crippen LogP contribution in [0.3, 0.4) is 0 Å². The SMILES string of the molecule is CCCCc1cc2cc(Cl)cc(N)c2[nH]1. The zero-order valence-corrected chi connectivity index (χ0v) is 9.56. The van der Waals surface area contributed by atoms with Gasteiger partial charge in [-0.3, -0.25) is 0 Å². The van der Waals surface area contributed by atoms with E-state index in [0.717, 1.165) is 23.0 Å². The van der Waals surface area contributed by atoms with Gasteiger partial charge in [-0.15, -0.1) is 0 Å². The van der Waals surface area contributed by atoms with E-state index in [1.807, 2.05) is 6.07 Å². The highest BCUT2D eigenvalue weighted by Gasteiger charge is 2.04. The number of H-pyrrole nitrogens is 1. The van der Waals surface area contributed by atoms with Crippen LogP contribution in [-0.4, -0.2) is 4.98 Å². The first kappa shape index (κ1) is 10.4. The molecule has 0 aliphatic carbocycles. The lowest BCUT2D eigenvalue weighted by atomic mass is 10.2. The molecule has 80 valence electrons. The zero-order chi connectivity index (χ0) is 10.8. The van der Waals surface area contributed by atoms with Gasteiger partial charge in [-0.25, -0.2) is 0 Å². The number of nitrogens with two attached hydrogens (primary N) is 1. The van der Waals surface area contributed by atoms with Crippen LogP contribution in [0.5, 0.6) is 0 Å². The highest BCUT2D eigenvalue weighted by atomic mass is 35.5. The number of anilines is 1. The summed E-state index contributed by atoms with van der Waals surface area (Å²) in [5, 5.41) is 1.80. The summed E-state index contributed by atoms with van der Waals surface area (Å²) in [6.45, 7) is 2.19. The number of nitrogen functional groups attached to an aromatic ring is 1. The maximum Gasteiger partial charge on any atom is 0.0690 e. The number of rotatable bonds is 3. The minimum atomic E-state index is 0.695. The third kappa shape index (κ3) is 2.10. The molecule has 0 aliphatic rings. The second-order valence-corrected chi connectivity index (χ2v) is 4.29. The average molecular weight is 223 g/mol. The minimum absolute atomic E-state index is 0.695. The highest BCUT2D eigenvalue weighted by Crippen LogP contribution is 2.26. The van der Waals surface area contributed by atoms with Gasteiger partial charge in [-0.05, 0) is 31.0 Å². The number of hydrogen-bond acceptors (Lipinski definition) is 1. The van der Waals surface area contributed by atoms with Crippen molar-refractivity contribution in [3.8, 4) is 0 Å². The van der Waals surface area contributed by atoms with Gasteiger partial charge >= 0.3 is 0 Å². The van der Waals surface area contributed by atoms with E-state index in [1.165, 1.54) is 18.5 Å². The van der Waals surface area contributed by atoms with Crippen LogP contribution in [0.1, 0.15) is 25.5 Å². The summed E-state index contributed by atoms with van der Waals surface area (Å²) in [6.07, 6.45) is 3.47. The number of aromatic amines is 1. The van der Waals surface area contributed by atoms with Crippen molar-refractivity contribution in [3.05, 3.63) is 28.9 Å². The van der Waals surface area contributed by atoms with Crippen molar-refractivity contribution in [2.45, 2.75) is 26.2 Å². The molecule has 1 heterocycles. The summed E-state index contributed by atoms with van der Waals surface area (Å²) >= 11 is 5.94. The number of aromatic nitrogens is 1.